The summed E-state index contributed by atoms with van der Waals surface area (Å²) in [7, 11) is 0. The van der Waals surface area contributed by atoms with Crippen molar-refractivity contribution in [1.29, 1.82) is 0 Å². The topological polar surface area (TPSA) is 66.8 Å². The van der Waals surface area contributed by atoms with Gasteiger partial charge in [0.25, 0.3) is 11.8 Å². The molecule has 1 aromatic carbocycles. The maximum absolute atomic E-state index is 11.3. The number of nitrogens with zero attached hydrogens (tertiary/aromatic N) is 1. The Kier molecular flexibility index (Phi) is 1.61. The molecule has 0 spiro atoms. The molecule has 1 heterocycles. The molecule has 0 fully saturated rings. The Labute approximate surface area is 73.0 Å². The molecule has 5 nitrogen and oxygen atoms in total. The smallest absolute Gasteiger partial charge is 0.266 e. The number of amides is 2. The van der Waals surface area contributed by atoms with E-state index < -0.39 is 11.8 Å². The highest BCUT2D eigenvalue weighted by Crippen LogP contribution is 2.21. The van der Waals surface area contributed by atoms with Gasteiger partial charge in [0.1, 0.15) is 0 Å². The number of carbonyl (C=O) groups is 2. The van der Waals surface area contributed by atoms with Crippen molar-refractivity contribution in [1.82, 2.24) is 5.06 Å². The molecule has 2 rings (SSSR count). The van der Waals surface area contributed by atoms with Gasteiger partial charge in [0.05, 0.1) is 11.1 Å². The van der Waals surface area contributed by atoms with Crippen LogP contribution >= 0.6 is 0 Å². The first-order valence-corrected chi connectivity index (χ1v) is 3.55. The van der Waals surface area contributed by atoms with Gasteiger partial charge < -0.3 is 0 Å². The van der Waals surface area contributed by atoms with E-state index in [1.54, 1.807) is 12.1 Å². The molecule has 1 aromatic rings. The largest absolute Gasteiger partial charge is 0.288 e. The van der Waals surface area contributed by atoms with Crippen LogP contribution in [0.25, 0.3) is 0 Å². The van der Waals surface area contributed by atoms with E-state index in [9.17, 15) is 9.59 Å². The Balaban J connectivity index is 2.57. The molecule has 0 aliphatic carbocycles. The van der Waals surface area contributed by atoms with Gasteiger partial charge in [0, 0.05) is 0 Å². The minimum atomic E-state index is -0.650. The van der Waals surface area contributed by atoms with E-state index in [1.165, 1.54) is 12.1 Å². The highest BCUT2D eigenvalue weighted by Gasteiger charge is 2.36. The maximum atomic E-state index is 11.3. The summed E-state index contributed by atoms with van der Waals surface area (Å²) in [6.07, 6.45) is 0. The predicted molar refractivity (Wildman–Crippen MR) is 40.7 cm³/mol. The molecular formula is C8H5NO4. The zero-order chi connectivity index (χ0) is 9.42. The summed E-state index contributed by atoms with van der Waals surface area (Å²) in [5.41, 5.74) is 0.475. The van der Waals surface area contributed by atoms with Crippen LogP contribution in [0.2, 0.25) is 0 Å². The van der Waals surface area contributed by atoms with Crippen LogP contribution in [0, 0.1) is 0 Å². The summed E-state index contributed by atoms with van der Waals surface area (Å²) in [5, 5.41) is 8.57. The van der Waals surface area contributed by atoms with Crippen molar-refractivity contribution in [3.8, 4) is 0 Å². The number of imide groups is 1. The van der Waals surface area contributed by atoms with Crippen LogP contribution in [-0.4, -0.2) is 22.1 Å². The molecule has 0 saturated carbocycles. The number of carbonyl (C=O) groups excluding carboxylic acids is 2. The van der Waals surface area contributed by atoms with Gasteiger partial charge in [-0.2, -0.15) is 0 Å². The van der Waals surface area contributed by atoms with Gasteiger partial charge in [-0.05, 0) is 12.1 Å². The number of rotatable bonds is 1. The molecule has 2 amide bonds. The van der Waals surface area contributed by atoms with Crippen molar-refractivity contribution in [3.63, 3.8) is 0 Å². The van der Waals surface area contributed by atoms with Gasteiger partial charge in [0.2, 0.25) is 0 Å². The summed E-state index contributed by atoms with van der Waals surface area (Å²) in [6, 6.07) is 6.25. The highest BCUT2D eigenvalue weighted by atomic mass is 17.2. The predicted octanol–water partition coefficient (Wildman–Crippen LogP) is 0.687. The van der Waals surface area contributed by atoms with Crippen molar-refractivity contribution in [2.45, 2.75) is 0 Å². The van der Waals surface area contributed by atoms with Crippen LogP contribution in [0.4, 0.5) is 0 Å². The minimum Gasteiger partial charge on any atom is -0.266 e. The lowest BCUT2D eigenvalue weighted by atomic mass is 10.1. The highest BCUT2D eigenvalue weighted by molar-refractivity contribution is 6.20. The summed E-state index contributed by atoms with van der Waals surface area (Å²) in [4.78, 5) is 26.2. The zero-order valence-corrected chi connectivity index (χ0v) is 6.43. The lowest BCUT2D eigenvalue weighted by Crippen LogP contribution is -2.28. The van der Waals surface area contributed by atoms with Crippen molar-refractivity contribution in [2.75, 3.05) is 0 Å². The van der Waals surface area contributed by atoms with Gasteiger partial charge in [-0.15, -0.1) is 10.1 Å². The normalized spacial score (nSPS) is 15.0. The number of hydroxylamine groups is 2. The summed E-state index contributed by atoms with van der Waals surface area (Å²) in [5.74, 6) is -1.30. The standard InChI is InChI=1S/C8H5NO4/c10-7-5-3-1-2-4-6(5)8(11)9(7)13-12/h1-4,12H. The Hall–Kier alpha value is -1.72. The Morgan fingerprint density at radius 3 is 1.92 bits per heavy atom. The minimum absolute atomic E-state index is 0.238. The van der Waals surface area contributed by atoms with E-state index in [2.05, 4.69) is 4.99 Å². The van der Waals surface area contributed by atoms with Crippen molar-refractivity contribution >= 4 is 11.8 Å². The first kappa shape index (κ1) is 7.90. The summed E-state index contributed by atoms with van der Waals surface area (Å²) < 4.78 is 0. The third kappa shape index (κ3) is 0.947. The quantitative estimate of drug-likeness (QED) is 0.391. The Bertz CT molecular complexity index is 352. The summed E-state index contributed by atoms with van der Waals surface area (Å²) >= 11 is 0. The molecule has 13 heavy (non-hydrogen) atoms. The molecule has 1 N–H and O–H groups in total. The molecule has 0 aromatic heterocycles. The molecule has 5 heteroatoms. The first-order chi connectivity index (χ1) is 6.25. The van der Waals surface area contributed by atoms with E-state index in [0.717, 1.165) is 0 Å². The van der Waals surface area contributed by atoms with Crippen LogP contribution < -0.4 is 0 Å². The first-order valence-electron chi connectivity index (χ1n) is 3.55. The van der Waals surface area contributed by atoms with E-state index in [4.69, 9.17) is 5.26 Å². The van der Waals surface area contributed by atoms with Crippen molar-refractivity contribution < 1.29 is 19.8 Å². The molecule has 0 unspecified atom stereocenters. The zero-order valence-electron chi connectivity index (χ0n) is 6.43. The van der Waals surface area contributed by atoms with Gasteiger partial charge in [-0.25, -0.2) is 5.26 Å². The fraction of sp³-hybridized carbons (Fsp3) is 0. The number of hydrogen-bond acceptors (Lipinski definition) is 4. The Morgan fingerprint density at radius 1 is 1.08 bits per heavy atom. The summed E-state index contributed by atoms with van der Waals surface area (Å²) in [6.45, 7) is 0. The van der Waals surface area contributed by atoms with Crippen LogP contribution in [-0.2, 0) is 4.99 Å². The van der Waals surface area contributed by atoms with E-state index in [0.29, 0.717) is 5.06 Å². The lowest BCUT2D eigenvalue weighted by molar-refractivity contribution is -0.349. The fourth-order valence-corrected chi connectivity index (χ4v) is 1.24. The average Bonchev–Trinajstić information content (AvgIpc) is 2.41. The second kappa shape index (κ2) is 2.65. The average molecular weight is 179 g/mol. The van der Waals surface area contributed by atoms with Crippen LogP contribution in [0.3, 0.4) is 0 Å². The van der Waals surface area contributed by atoms with Crippen LogP contribution in [0.5, 0.6) is 0 Å². The van der Waals surface area contributed by atoms with Crippen molar-refractivity contribution in [2.24, 2.45) is 0 Å². The molecule has 0 atom stereocenters. The Morgan fingerprint density at radius 2 is 1.54 bits per heavy atom. The third-order valence-electron chi connectivity index (χ3n) is 1.84. The van der Waals surface area contributed by atoms with Crippen molar-refractivity contribution in [3.05, 3.63) is 35.4 Å². The second-order valence-electron chi connectivity index (χ2n) is 2.53. The second-order valence-corrected chi connectivity index (χ2v) is 2.53. The molecule has 0 bridgehead atoms. The molecule has 0 saturated heterocycles. The van der Waals surface area contributed by atoms with E-state index in [1.807, 2.05) is 0 Å². The number of hydrogen-bond donors (Lipinski definition) is 1. The SMILES string of the molecule is O=C1c2ccccc2C(=O)N1OO. The molecule has 66 valence electrons. The van der Waals surface area contributed by atoms with Crippen LogP contribution in [0.15, 0.2) is 24.3 Å². The number of benzene rings is 1. The molecule has 1 aliphatic heterocycles. The van der Waals surface area contributed by atoms with E-state index in [-0.39, 0.29) is 11.1 Å². The van der Waals surface area contributed by atoms with Gasteiger partial charge >= 0.3 is 0 Å². The maximum Gasteiger partial charge on any atom is 0.288 e. The molecular weight excluding hydrogens is 174 g/mol. The monoisotopic (exact) mass is 179 g/mol. The van der Waals surface area contributed by atoms with Gasteiger partial charge in [-0.1, -0.05) is 12.1 Å². The third-order valence-corrected chi connectivity index (χ3v) is 1.84. The van der Waals surface area contributed by atoms with Gasteiger partial charge in [-0.3, -0.25) is 9.59 Å². The fourth-order valence-electron chi connectivity index (χ4n) is 1.24. The van der Waals surface area contributed by atoms with E-state index >= 15 is 0 Å². The lowest BCUT2D eigenvalue weighted by Gasteiger charge is -2.04. The van der Waals surface area contributed by atoms with Gasteiger partial charge in [0.15, 0.2) is 0 Å². The van der Waals surface area contributed by atoms with Crippen LogP contribution in [0.1, 0.15) is 20.7 Å². The molecule has 1 aliphatic rings. The molecule has 0 radical (unpaired) electrons. The number of fused-ring (bicyclic) bond motifs is 1.